The van der Waals surface area contributed by atoms with Gasteiger partial charge in [-0.05, 0) is 114 Å². The molecule has 3 aromatic carbocycles. The highest BCUT2D eigenvalue weighted by molar-refractivity contribution is 5.84. The standard InChI is InChI=1S/C56H64N2/c1-7-9-11-13-30-55(5)32-26-45(27-33-55)53-39-49(37-51(57-53)43-22-18-41(3)19-23-43)47-16-15-17-48(36-47)50-38-52(44-24-20-42(4)21-25-44)58-54(40-50)46-28-34-56(6,35-29-46)31-14-12-10-8-2/h15-29,32,34,36-40H,7-14,30-31,33,35H2,1-6H3. The molecule has 0 spiro atoms. The number of rotatable bonds is 16. The number of aryl methyl sites for hydroxylation is 2. The zero-order valence-corrected chi connectivity index (χ0v) is 36.1. The maximum absolute atomic E-state index is 5.31. The highest BCUT2D eigenvalue weighted by Gasteiger charge is 2.25. The molecule has 0 saturated carbocycles. The molecular weight excluding hydrogens is 701 g/mol. The van der Waals surface area contributed by atoms with Crippen LogP contribution >= 0.6 is 0 Å². The molecule has 2 unspecified atom stereocenters. The minimum Gasteiger partial charge on any atom is -0.248 e. The van der Waals surface area contributed by atoms with Crippen LogP contribution in [0.3, 0.4) is 0 Å². The molecule has 2 heterocycles. The van der Waals surface area contributed by atoms with Crippen LogP contribution in [0.2, 0.25) is 0 Å². The van der Waals surface area contributed by atoms with Crippen LogP contribution in [-0.2, 0) is 0 Å². The quantitative estimate of drug-likeness (QED) is 0.0935. The Morgan fingerprint density at radius 3 is 1.24 bits per heavy atom. The van der Waals surface area contributed by atoms with E-state index in [0.717, 1.165) is 46.7 Å². The Morgan fingerprint density at radius 1 is 0.448 bits per heavy atom. The number of benzene rings is 3. The van der Waals surface area contributed by atoms with Crippen molar-refractivity contribution in [2.24, 2.45) is 10.8 Å². The third kappa shape index (κ3) is 10.3. The summed E-state index contributed by atoms with van der Waals surface area (Å²) in [6.45, 7) is 13.7. The molecule has 2 heteroatoms. The summed E-state index contributed by atoms with van der Waals surface area (Å²) in [7, 11) is 0. The average molecular weight is 765 g/mol. The number of unbranched alkanes of at least 4 members (excludes halogenated alkanes) is 6. The Kier molecular flexibility index (Phi) is 13.2. The van der Waals surface area contributed by atoms with Crippen LogP contribution in [0.5, 0.6) is 0 Å². The Balaban J connectivity index is 1.24. The predicted octanol–water partition coefficient (Wildman–Crippen LogP) is 16.4. The lowest BCUT2D eigenvalue weighted by atomic mass is 9.77. The molecule has 0 aliphatic heterocycles. The van der Waals surface area contributed by atoms with Gasteiger partial charge in [-0.25, -0.2) is 9.97 Å². The molecule has 5 aromatic rings. The first-order chi connectivity index (χ1) is 28.1. The van der Waals surface area contributed by atoms with Gasteiger partial charge in [0.2, 0.25) is 0 Å². The summed E-state index contributed by atoms with van der Waals surface area (Å²) in [6.07, 6.45) is 29.4. The van der Waals surface area contributed by atoms with E-state index in [2.05, 4.69) is 175 Å². The molecule has 0 fully saturated rings. The summed E-state index contributed by atoms with van der Waals surface area (Å²) in [5.41, 5.74) is 16.4. The Hall–Kier alpha value is -5.08. The van der Waals surface area contributed by atoms with E-state index < -0.39 is 0 Å². The van der Waals surface area contributed by atoms with Gasteiger partial charge in [0.15, 0.2) is 0 Å². The normalized spacial score (nSPS) is 18.9. The second kappa shape index (κ2) is 18.7. The Labute approximate surface area is 350 Å². The second-order valence-corrected chi connectivity index (χ2v) is 17.9. The lowest BCUT2D eigenvalue weighted by Gasteiger charge is -2.28. The smallest absolute Gasteiger partial charge is 0.0715 e. The highest BCUT2D eigenvalue weighted by Crippen LogP contribution is 2.40. The SMILES string of the molecule is CCCCCCC1(C)C=CC(c2cc(-c3cccc(-c4cc(C5=CCC(C)(CCCCCC)C=C5)nc(-c5ccc(C)cc5)c4)c3)cc(-c3ccc(C)cc3)n2)=CC1. The van der Waals surface area contributed by atoms with E-state index in [1.807, 2.05) is 0 Å². The van der Waals surface area contributed by atoms with Gasteiger partial charge < -0.3 is 0 Å². The molecule has 2 aliphatic carbocycles. The first-order valence-electron chi connectivity index (χ1n) is 22.2. The second-order valence-electron chi connectivity index (χ2n) is 17.9. The number of pyridine rings is 2. The summed E-state index contributed by atoms with van der Waals surface area (Å²) < 4.78 is 0. The number of hydrogen-bond acceptors (Lipinski definition) is 2. The van der Waals surface area contributed by atoms with Gasteiger partial charge in [0, 0.05) is 11.1 Å². The minimum absolute atomic E-state index is 0.209. The van der Waals surface area contributed by atoms with Gasteiger partial charge in [0.1, 0.15) is 0 Å². The van der Waals surface area contributed by atoms with Gasteiger partial charge in [0.25, 0.3) is 0 Å². The molecule has 0 amide bonds. The van der Waals surface area contributed by atoms with Gasteiger partial charge in [-0.2, -0.15) is 0 Å². The van der Waals surface area contributed by atoms with E-state index in [9.17, 15) is 0 Å². The molecule has 0 bridgehead atoms. The van der Waals surface area contributed by atoms with Crippen molar-refractivity contribution in [3.63, 3.8) is 0 Å². The zero-order valence-electron chi connectivity index (χ0n) is 36.1. The van der Waals surface area contributed by atoms with Crippen LogP contribution in [-0.4, -0.2) is 9.97 Å². The van der Waals surface area contributed by atoms with E-state index >= 15 is 0 Å². The highest BCUT2D eigenvalue weighted by atomic mass is 14.7. The van der Waals surface area contributed by atoms with Crippen molar-refractivity contribution in [2.75, 3.05) is 0 Å². The third-order valence-corrected chi connectivity index (χ3v) is 12.6. The fourth-order valence-electron chi connectivity index (χ4n) is 8.52. The van der Waals surface area contributed by atoms with Crippen molar-refractivity contribution in [1.29, 1.82) is 0 Å². The fourth-order valence-corrected chi connectivity index (χ4v) is 8.52. The third-order valence-electron chi connectivity index (χ3n) is 12.6. The minimum atomic E-state index is 0.209. The van der Waals surface area contributed by atoms with Crippen molar-refractivity contribution in [3.8, 4) is 44.8 Å². The number of aromatic nitrogens is 2. The lowest BCUT2D eigenvalue weighted by Crippen LogP contribution is -2.14. The average Bonchev–Trinajstić information content (AvgIpc) is 3.25. The van der Waals surface area contributed by atoms with Crippen LogP contribution in [0.4, 0.5) is 0 Å². The van der Waals surface area contributed by atoms with Crippen LogP contribution in [0.25, 0.3) is 55.9 Å². The molecule has 2 nitrogen and oxygen atoms in total. The van der Waals surface area contributed by atoms with Gasteiger partial charge in [-0.1, -0.05) is 193 Å². The van der Waals surface area contributed by atoms with Crippen molar-refractivity contribution in [3.05, 3.63) is 156 Å². The largest absolute Gasteiger partial charge is 0.248 e. The van der Waals surface area contributed by atoms with Crippen molar-refractivity contribution < 1.29 is 0 Å². The molecule has 2 atom stereocenters. The number of allylic oxidation sites excluding steroid dienone is 8. The molecule has 0 N–H and O–H groups in total. The van der Waals surface area contributed by atoms with Gasteiger partial charge in [-0.15, -0.1) is 0 Å². The van der Waals surface area contributed by atoms with E-state index in [1.165, 1.54) is 109 Å². The molecule has 2 aromatic heterocycles. The molecule has 0 radical (unpaired) electrons. The van der Waals surface area contributed by atoms with Crippen LogP contribution < -0.4 is 0 Å². The zero-order chi connectivity index (χ0) is 40.5. The maximum atomic E-state index is 5.31. The Morgan fingerprint density at radius 2 is 0.862 bits per heavy atom. The maximum Gasteiger partial charge on any atom is 0.0715 e. The van der Waals surface area contributed by atoms with E-state index in [1.54, 1.807) is 0 Å². The lowest BCUT2D eigenvalue weighted by molar-refractivity contribution is 0.373. The van der Waals surface area contributed by atoms with Crippen molar-refractivity contribution in [2.45, 2.75) is 119 Å². The topological polar surface area (TPSA) is 25.8 Å². The molecule has 7 rings (SSSR count). The first-order valence-corrected chi connectivity index (χ1v) is 22.2. The summed E-state index contributed by atoms with van der Waals surface area (Å²) in [5, 5.41) is 0. The van der Waals surface area contributed by atoms with E-state index in [4.69, 9.17) is 9.97 Å². The van der Waals surface area contributed by atoms with E-state index in [-0.39, 0.29) is 10.8 Å². The van der Waals surface area contributed by atoms with Crippen LogP contribution in [0.15, 0.2) is 134 Å². The molecule has 298 valence electrons. The molecule has 58 heavy (non-hydrogen) atoms. The molecule has 0 saturated heterocycles. The predicted molar refractivity (Wildman–Crippen MR) is 250 cm³/mol. The van der Waals surface area contributed by atoms with Crippen molar-refractivity contribution in [1.82, 2.24) is 9.97 Å². The number of nitrogens with zero attached hydrogens (tertiary/aromatic N) is 2. The molecule has 2 aliphatic rings. The molecular formula is C56H64N2. The first kappa shape index (κ1) is 41.1. The summed E-state index contributed by atoms with van der Waals surface area (Å²) in [6, 6.07) is 35.7. The van der Waals surface area contributed by atoms with Gasteiger partial charge in [-0.3, -0.25) is 0 Å². The van der Waals surface area contributed by atoms with Gasteiger partial charge in [0.05, 0.1) is 22.8 Å². The Bertz CT molecular complexity index is 2140. The van der Waals surface area contributed by atoms with Crippen LogP contribution in [0.1, 0.15) is 127 Å². The van der Waals surface area contributed by atoms with E-state index in [0.29, 0.717) is 0 Å². The van der Waals surface area contributed by atoms with Gasteiger partial charge >= 0.3 is 0 Å². The summed E-state index contributed by atoms with van der Waals surface area (Å²) >= 11 is 0. The fraction of sp³-hybridized carbons (Fsp3) is 0.357. The number of hydrogen-bond donors (Lipinski definition) is 0. The summed E-state index contributed by atoms with van der Waals surface area (Å²) in [4.78, 5) is 10.6. The van der Waals surface area contributed by atoms with Crippen LogP contribution in [0, 0.1) is 24.7 Å². The summed E-state index contributed by atoms with van der Waals surface area (Å²) in [5.74, 6) is 0. The van der Waals surface area contributed by atoms with Crippen molar-refractivity contribution >= 4 is 11.1 Å². The monoisotopic (exact) mass is 765 g/mol.